The van der Waals surface area contributed by atoms with Crippen LogP contribution in [0.3, 0.4) is 0 Å². The number of nitrogens with zero attached hydrogens (tertiary/aromatic N) is 1. The van der Waals surface area contributed by atoms with Crippen molar-refractivity contribution in [2.24, 2.45) is 0 Å². The Morgan fingerprint density at radius 2 is 1.73 bits per heavy atom. The number of ether oxygens (including phenoxy) is 1. The first kappa shape index (κ1) is 20.3. The number of methoxy groups -OCH3 is 1. The zero-order valence-electron chi connectivity index (χ0n) is 16.1. The van der Waals surface area contributed by atoms with Crippen molar-refractivity contribution >= 4 is 38.9 Å². The normalized spacial score (nSPS) is 13.1. The summed E-state index contributed by atoms with van der Waals surface area (Å²) in [6.07, 6.45) is 0.606. The summed E-state index contributed by atoms with van der Waals surface area (Å²) in [5.74, 6) is 0.370. The monoisotopic (exact) mass is 442 g/mol. The van der Waals surface area contributed by atoms with Crippen LogP contribution >= 0.6 is 11.6 Å². The van der Waals surface area contributed by atoms with E-state index in [-0.39, 0.29) is 10.8 Å². The number of hydrogen-bond donors (Lipinski definition) is 1. The van der Waals surface area contributed by atoms with Gasteiger partial charge in [-0.2, -0.15) is 0 Å². The molecule has 3 aromatic carbocycles. The summed E-state index contributed by atoms with van der Waals surface area (Å²) in [4.78, 5) is 12.7. The molecule has 1 heterocycles. The van der Waals surface area contributed by atoms with Crippen molar-refractivity contribution in [3.05, 3.63) is 82.9 Å². The summed E-state index contributed by atoms with van der Waals surface area (Å²) in [5.41, 5.74) is 2.47. The van der Waals surface area contributed by atoms with Gasteiger partial charge in [0.1, 0.15) is 5.75 Å². The molecule has 0 fully saturated rings. The molecule has 0 spiro atoms. The first-order chi connectivity index (χ1) is 14.4. The second-order valence-electron chi connectivity index (χ2n) is 6.81. The first-order valence-corrected chi connectivity index (χ1v) is 11.1. The standard InChI is InChI=1S/C22H19ClN2O4S/c1-29-19-8-3-16(4-9-19)22(26)24-18-7-2-15-12-13-25(21(15)14-18)30(27,28)20-10-5-17(23)6-11-20/h2-11,14H,12-13H2,1H3,(H,24,26). The fraction of sp³-hybridized carbons (Fsp3) is 0.136. The van der Waals surface area contributed by atoms with Crippen molar-refractivity contribution in [1.82, 2.24) is 0 Å². The Balaban J connectivity index is 1.59. The van der Waals surface area contributed by atoms with Gasteiger partial charge in [-0.25, -0.2) is 8.42 Å². The van der Waals surface area contributed by atoms with Crippen LogP contribution in [0.1, 0.15) is 15.9 Å². The quantitative estimate of drug-likeness (QED) is 0.637. The van der Waals surface area contributed by atoms with E-state index in [0.29, 0.717) is 40.7 Å². The Morgan fingerprint density at radius 3 is 2.40 bits per heavy atom. The molecule has 0 saturated carbocycles. The Bertz CT molecular complexity index is 1190. The number of amides is 1. The van der Waals surface area contributed by atoms with Gasteiger partial charge in [0.15, 0.2) is 0 Å². The number of benzene rings is 3. The number of anilines is 2. The highest BCUT2D eigenvalue weighted by Gasteiger charge is 2.31. The maximum absolute atomic E-state index is 13.1. The molecule has 30 heavy (non-hydrogen) atoms. The average molecular weight is 443 g/mol. The van der Waals surface area contributed by atoms with Crippen LogP contribution in [0, 0.1) is 0 Å². The molecule has 1 aliphatic heterocycles. The third-order valence-corrected chi connectivity index (χ3v) is 7.03. The highest BCUT2D eigenvalue weighted by atomic mass is 35.5. The molecular weight excluding hydrogens is 424 g/mol. The Kier molecular flexibility index (Phi) is 5.40. The summed E-state index contributed by atoms with van der Waals surface area (Å²) in [6.45, 7) is 0.343. The third kappa shape index (κ3) is 3.86. The zero-order valence-corrected chi connectivity index (χ0v) is 17.7. The molecule has 0 unspecified atom stereocenters. The van der Waals surface area contributed by atoms with Gasteiger partial charge in [-0.3, -0.25) is 9.10 Å². The minimum Gasteiger partial charge on any atom is -0.497 e. The van der Waals surface area contributed by atoms with Gasteiger partial charge in [0.25, 0.3) is 15.9 Å². The topological polar surface area (TPSA) is 75.7 Å². The molecule has 4 rings (SSSR count). The van der Waals surface area contributed by atoms with Crippen LogP contribution in [0.5, 0.6) is 5.75 Å². The van der Waals surface area contributed by atoms with Crippen LogP contribution in [-0.2, 0) is 16.4 Å². The average Bonchev–Trinajstić information content (AvgIpc) is 3.18. The van der Waals surface area contributed by atoms with Crippen LogP contribution in [0.15, 0.2) is 71.6 Å². The third-order valence-electron chi connectivity index (χ3n) is 4.95. The molecule has 1 aliphatic rings. The molecule has 0 aliphatic carbocycles. The van der Waals surface area contributed by atoms with Crippen molar-refractivity contribution in [2.75, 3.05) is 23.3 Å². The van der Waals surface area contributed by atoms with E-state index in [2.05, 4.69) is 5.32 Å². The number of sulfonamides is 1. The van der Waals surface area contributed by atoms with Gasteiger partial charge in [0.05, 0.1) is 17.7 Å². The smallest absolute Gasteiger partial charge is 0.264 e. The van der Waals surface area contributed by atoms with Gasteiger partial charge in [-0.15, -0.1) is 0 Å². The van der Waals surface area contributed by atoms with E-state index >= 15 is 0 Å². The van der Waals surface area contributed by atoms with Crippen LogP contribution in [0.2, 0.25) is 5.02 Å². The van der Waals surface area contributed by atoms with Gasteiger partial charge in [-0.05, 0) is 72.6 Å². The predicted molar refractivity (Wildman–Crippen MR) is 117 cm³/mol. The molecule has 0 aromatic heterocycles. The second-order valence-corrected chi connectivity index (χ2v) is 9.11. The minimum atomic E-state index is -3.73. The number of carbonyl (C=O) groups excluding carboxylic acids is 1. The summed E-state index contributed by atoms with van der Waals surface area (Å²) >= 11 is 5.88. The fourth-order valence-corrected chi connectivity index (χ4v) is 4.98. The highest BCUT2D eigenvalue weighted by Crippen LogP contribution is 2.35. The van der Waals surface area contributed by atoms with E-state index in [1.165, 1.54) is 16.4 Å². The summed E-state index contributed by atoms with van der Waals surface area (Å²) < 4.78 is 32.7. The Hall–Kier alpha value is -3.03. The lowest BCUT2D eigenvalue weighted by atomic mass is 10.1. The molecule has 0 bridgehead atoms. The van der Waals surface area contributed by atoms with Gasteiger partial charge >= 0.3 is 0 Å². The highest BCUT2D eigenvalue weighted by molar-refractivity contribution is 7.92. The van der Waals surface area contributed by atoms with Crippen molar-refractivity contribution in [1.29, 1.82) is 0 Å². The molecule has 154 valence electrons. The van der Waals surface area contributed by atoms with Crippen molar-refractivity contribution in [2.45, 2.75) is 11.3 Å². The lowest BCUT2D eigenvalue weighted by Gasteiger charge is -2.20. The van der Waals surface area contributed by atoms with Crippen LogP contribution in [0.25, 0.3) is 0 Å². The van der Waals surface area contributed by atoms with E-state index in [9.17, 15) is 13.2 Å². The van der Waals surface area contributed by atoms with E-state index in [1.807, 2.05) is 6.07 Å². The molecule has 0 saturated heterocycles. The molecule has 1 amide bonds. The molecule has 0 radical (unpaired) electrons. The van der Waals surface area contributed by atoms with Crippen molar-refractivity contribution in [3.63, 3.8) is 0 Å². The van der Waals surface area contributed by atoms with Crippen LogP contribution < -0.4 is 14.4 Å². The predicted octanol–water partition coefficient (Wildman–Crippen LogP) is 4.35. The Labute approximate surface area is 180 Å². The number of nitrogens with one attached hydrogen (secondary N) is 1. The molecule has 6 nitrogen and oxygen atoms in total. The van der Waals surface area contributed by atoms with Gasteiger partial charge in [0.2, 0.25) is 0 Å². The van der Waals surface area contributed by atoms with Crippen LogP contribution in [0.4, 0.5) is 11.4 Å². The second kappa shape index (κ2) is 8.01. The van der Waals surface area contributed by atoms with Gasteiger partial charge in [-0.1, -0.05) is 17.7 Å². The zero-order chi connectivity index (χ0) is 21.3. The number of halogens is 1. The molecule has 0 atom stereocenters. The van der Waals surface area contributed by atoms with E-state index < -0.39 is 10.0 Å². The molecule has 1 N–H and O–H groups in total. The largest absolute Gasteiger partial charge is 0.497 e. The molecular formula is C22H19ClN2O4S. The summed E-state index contributed by atoms with van der Waals surface area (Å²) in [7, 11) is -2.17. The maximum atomic E-state index is 13.1. The lowest BCUT2D eigenvalue weighted by molar-refractivity contribution is 0.102. The SMILES string of the molecule is COc1ccc(C(=O)Nc2ccc3c(c2)N(S(=O)(=O)c2ccc(Cl)cc2)CC3)cc1. The van der Waals surface area contributed by atoms with Gasteiger partial charge < -0.3 is 10.1 Å². The summed E-state index contributed by atoms with van der Waals surface area (Å²) in [6, 6.07) is 18.1. The maximum Gasteiger partial charge on any atom is 0.264 e. The number of rotatable bonds is 5. The molecule has 8 heteroatoms. The minimum absolute atomic E-state index is 0.174. The van der Waals surface area contributed by atoms with Crippen molar-refractivity contribution in [3.8, 4) is 5.75 Å². The van der Waals surface area contributed by atoms with E-state index in [4.69, 9.17) is 16.3 Å². The fourth-order valence-electron chi connectivity index (χ4n) is 3.36. The van der Waals surface area contributed by atoms with Crippen LogP contribution in [-0.4, -0.2) is 28.0 Å². The van der Waals surface area contributed by atoms with E-state index in [1.54, 1.807) is 55.6 Å². The lowest BCUT2D eigenvalue weighted by Crippen LogP contribution is -2.29. The van der Waals surface area contributed by atoms with Crippen molar-refractivity contribution < 1.29 is 17.9 Å². The Morgan fingerprint density at radius 1 is 1.03 bits per heavy atom. The number of carbonyl (C=O) groups is 1. The number of hydrogen-bond acceptors (Lipinski definition) is 4. The first-order valence-electron chi connectivity index (χ1n) is 9.25. The summed E-state index contributed by atoms with van der Waals surface area (Å²) in [5, 5.41) is 3.30. The van der Waals surface area contributed by atoms with Gasteiger partial charge in [0, 0.05) is 22.8 Å². The molecule has 3 aromatic rings. The van der Waals surface area contributed by atoms with E-state index in [0.717, 1.165) is 5.56 Å². The number of fused-ring (bicyclic) bond motifs is 1.